The molecule has 2 aliphatic rings. The number of esters is 1. The number of nitrogens with zero attached hydrogens (tertiary/aromatic N) is 3. The molecule has 4 rings (SSSR count). The molecule has 0 spiro atoms. The second-order valence-corrected chi connectivity index (χ2v) is 11.4. The lowest BCUT2D eigenvalue weighted by Crippen LogP contribution is -2.41. The first-order chi connectivity index (χ1) is 19.4. The molecule has 2 aromatic rings. The molecule has 216 valence electrons. The number of hydrogen-bond donors (Lipinski definition) is 1. The Bertz CT molecular complexity index is 1140. The average Bonchev–Trinajstić information content (AvgIpc) is 2.97. The summed E-state index contributed by atoms with van der Waals surface area (Å²) in [4.78, 5) is 28.0. The Morgan fingerprint density at radius 1 is 0.975 bits per heavy atom. The molecule has 2 unspecified atom stereocenters. The van der Waals surface area contributed by atoms with Gasteiger partial charge in [0.15, 0.2) is 5.78 Å². The molecule has 7 nitrogen and oxygen atoms in total. The van der Waals surface area contributed by atoms with Crippen LogP contribution in [-0.2, 0) is 16.0 Å². The van der Waals surface area contributed by atoms with E-state index in [-0.39, 0.29) is 23.7 Å². The molecule has 0 amide bonds. The van der Waals surface area contributed by atoms with Gasteiger partial charge in [-0.15, -0.1) is 0 Å². The van der Waals surface area contributed by atoms with Crippen LogP contribution in [0.25, 0.3) is 0 Å². The molecule has 0 radical (unpaired) electrons. The minimum Gasteiger partial charge on any atom is -0.466 e. The normalized spacial score (nSPS) is 19.5. The summed E-state index contributed by atoms with van der Waals surface area (Å²) >= 11 is 0. The Morgan fingerprint density at radius 2 is 1.68 bits per heavy atom. The van der Waals surface area contributed by atoms with Crippen molar-refractivity contribution >= 4 is 18.0 Å². The Labute approximate surface area is 239 Å². The van der Waals surface area contributed by atoms with E-state index >= 15 is 0 Å². The van der Waals surface area contributed by atoms with Crippen molar-refractivity contribution in [1.29, 1.82) is 0 Å². The Balaban J connectivity index is 1.27. The topological polar surface area (TPSA) is 88.2 Å². The number of piperazine rings is 1. The molecule has 0 aromatic heterocycles. The number of fused-ring (bicyclic) bond motifs is 1. The molecule has 7 heteroatoms. The van der Waals surface area contributed by atoms with Gasteiger partial charge in [-0.2, -0.15) is 5.10 Å². The van der Waals surface area contributed by atoms with Gasteiger partial charge in [0.05, 0.1) is 19.2 Å². The molecule has 40 heavy (non-hydrogen) atoms. The summed E-state index contributed by atoms with van der Waals surface area (Å²) in [6, 6.07) is 13.2. The number of carbonyl (C=O) groups is 2. The highest BCUT2D eigenvalue weighted by Crippen LogP contribution is 2.35. The Hall–Kier alpha value is -3.03. The van der Waals surface area contributed by atoms with Gasteiger partial charge in [-0.1, -0.05) is 75.4 Å². The number of nitrogens with two attached hydrogens (primary N) is 1. The lowest BCUT2D eigenvalue weighted by molar-refractivity contribution is -0.145. The van der Waals surface area contributed by atoms with Crippen LogP contribution in [-0.4, -0.2) is 67.7 Å². The number of benzene rings is 2. The average molecular weight is 547 g/mol. The molecule has 1 aliphatic carbocycles. The number of ether oxygens (including phenoxy) is 1. The van der Waals surface area contributed by atoms with Gasteiger partial charge in [0.1, 0.15) is 0 Å². The van der Waals surface area contributed by atoms with E-state index in [0.29, 0.717) is 24.2 Å². The van der Waals surface area contributed by atoms with Crippen LogP contribution in [0.15, 0.2) is 47.6 Å². The van der Waals surface area contributed by atoms with E-state index in [2.05, 4.69) is 29.0 Å². The minimum atomic E-state index is -0.228. The van der Waals surface area contributed by atoms with Crippen molar-refractivity contribution in [1.82, 2.24) is 9.91 Å². The maximum absolute atomic E-state index is 13.2. The molecule has 0 bridgehead atoms. The highest BCUT2D eigenvalue weighted by atomic mass is 16.5. The van der Waals surface area contributed by atoms with Crippen LogP contribution < -0.4 is 5.73 Å². The van der Waals surface area contributed by atoms with Crippen molar-refractivity contribution in [3.8, 4) is 0 Å². The predicted octanol–water partition coefficient (Wildman–Crippen LogP) is 5.35. The number of likely N-dealkylation sites (N-methyl/N-ethyl adjacent to an activating group) is 1. The first-order valence-corrected chi connectivity index (χ1v) is 15.1. The Kier molecular flexibility index (Phi) is 11.3. The number of ketones is 1. The maximum atomic E-state index is 13.2. The standard InChI is InChI=1S/C33H46N4O3/c1-3-4-5-6-7-8-21-40-31(38)23-28-14-13-27-22-29(15-16-30(27)32(28)34)33(39)26-11-9-25(10-12-26)24-35-37-19-17-36(2)18-20-37/h9-12,15-16,22,24,28,32H,3-8,13-14,17-21,23,34H2,1-2H3. The van der Waals surface area contributed by atoms with E-state index in [9.17, 15) is 9.59 Å². The summed E-state index contributed by atoms with van der Waals surface area (Å²) in [6.45, 7) is 6.59. The first kappa shape index (κ1) is 29.9. The fourth-order valence-electron chi connectivity index (χ4n) is 5.58. The summed E-state index contributed by atoms with van der Waals surface area (Å²) in [5.41, 5.74) is 11.0. The van der Waals surface area contributed by atoms with Crippen LogP contribution in [0.2, 0.25) is 0 Å². The third kappa shape index (κ3) is 8.48. The summed E-state index contributed by atoms with van der Waals surface area (Å²) in [7, 11) is 2.13. The van der Waals surface area contributed by atoms with Crippen molar-refractivity contribution in [2.24, 2.45) is 16.8 Å². The quantitative estimate of drug-likeness (QED) is 0.158. The summed E-state index contributed by atoms with van der Waals surface area (Å²) in [5.74, 6) is -0.0910. The molecule has 2 N–H and O–H groups in total. The van der Waals surface area contributed by atoms with Gasteiger partial charge in [0.2, 0.25) is 0 Å². The van der Waals surface area contributed by atoms with Gasteiger partial charge in [-0.05, 0) is 55.0 Å². The van der Waals surface area contributed by atoms with Crippen LogP contribution in [0, 0.1) is 5.92 Å². The highest BCUT2D eigenvalue weighted by Gasteiger charge is 2.29. The summed E-state index contributed by atoms with van der Waals surface area (Å²) < 4.78 is 5.49. The SMILES string of the molecule is CCCCCCCCOC(=O)CC1CCc2cc(C(=O)c3ccc(C=NN4CCN(C)CC4)cc3)ccc2C1N. The third-order valence-electron chi connectivity index (χ3n) is 8.27. The molecule has 1 saturated heterocycles. The minimum absolute atomic E-state index is 0.000627. The van der Waals surface area contributed by atoms with Gasteiger partial charge in [-0.3, -0.25) is 14.6 Å². The Morgan fingerprint density at radius 3 is 2.42 bits per heavy atom. The first-order valence-electron chi connectivity index (χ1n) is 15.1. The van der Waals surface area contributed by atoms with Crippen LogP contribution in [0.4, 0.5) is 0 Å². The van der Waals surface area contributed by atoms with E-state index in [0.717, 1.165) is 68.6 Å². The molecule has 2 aromatic carbocycles. The van der Waals surface area contributed by atoms with E-state index in [1.807, 2.05) is 48.7 Å². The van der Waals surface area contributed by atoms with Gasteiger partial charge in [0, 0.05) is 43.3 Å². The molecule has 0 saturated carbocycles. The number of rotatable bonds is 13. The van der Waals surface area contributed by atoms with Gasteiger partial charge in [-0.25, -0.2) is 0 Å². The van der Waals surface area contributed by atoms with Crippen molar-refractivity contribution < 1.29 is 14.3 Å². The predicted molar refractivity (Wildman–Crippen MR) is 161 cm³/mol. The molecule has 1 heterocycles. The number of hydrogen-bond acceptors (Lipinski definition) is 7. The monoisotopic (exact) mass is 546 g/mol. The summed E-state index contributed by atoms with van der Waals surface area (Å²) in [6.07, 6.45) is 10.8. The van der Waals surface area contributed by atoms with E-state index in [1.54, 1.807) is 0 Å². The van der Waals surface area contributed by atoms with Crippen LogP contribution >= 0.6 is 0 Å². The van der Waals surface area contributed by atoms with Gasteiger partial charge < -0.3 is 15.4 Å². The fourth-order valence-corrected chi connectivity index (χ4v) is 5.58. The number of carbonyl (C=O) groups excluding carboxylic acids is 2. The van der Waals surface area contributed by atoms with Crippen molar-refractivity contribution in [3.63, 3.8) is 0 Å². The van der Waals surface area contributed by atoms with E-state index < -0.39 is 0 Å². The molecule has 1 fully saturated rings. The van der Waals surface area contributed by atoms with E-state index in [4.69, 9.17) is 10.5 Å². The lowest BCUT2D eigenvalue weighted by atomic mass is 9.78. The maximum Gasteiger partial charge on any atom is 0.306 e. The van der Waals surface area contributed by atoms with Crippen LogP contribution in [0.3, 0.4) is 0 Å². The largest absolute Gasteiger partial charge is 0.466 e. The van der Waals surface area contributed by atoms with Crippen molar-refractivity contribution in [3.05, 3.63) is 70.3 Å². The molecular formula is C33H46N4O3. The van der Waals surface area contributed by atoms with Crippen LogP contribution in [0.5, 0.6) is 0 Å². The number of hydrazone groups is 1. The highest BCUT2D eigenvalue weighted by molar-refractivity contribution is 6.09. The number of aryl methyl sites for hydroxylation is 1. The van der Waals surface area contributed by atoms with Crippen molar-refractivity contribution in [2.45, 2.75) is 70.8 Å². The lowest BCUT2D eigenvalue weighted by Gasteiger charge is -2.30. The molecular weight excluding hydrogens is 500 g/mol. The van der Waals surface area contributed by atoms with Crippen molar-refractivity contribution in [2.75, 3.05) is 39.8 Å². The van der Waals surface area contributed by atoms with Gasteiger partial charge >= 0.3 is 5.97 Å². The zero-order valence-electron chi connectivity index (χ0n) is 24.3. The zero-order valence-corrected chi connectivity index (χ0v) is 24.3. The summed E-state index contributed by atoms with van der Waals surface area (Å²) in [5, 5.41) is 6.67. The zero-order chi connectivity index (χ0) is 28.3. The number of unbranched alkanes of at least 4 members (excludes halogenated alkanes) is 5. The van der Waals surface area contributed by atoms with Gasteiger partial charge in [0.25, 0.3) is 0 Å². The van der Waals surface area contributed by atoms with E-state index in [1.165, 1.54) is 25.7 Å². The molecule has 2 atom stereocenters. The second-order valence-electron chi connectivity index (χ2n) is 11.4. The fraction of sp³-hybridized carbons (Fsp3) is 0.545. The van der Waals surface area contributed by atoms with Crippen LogP contribution in [0.1, 0.15) is 96.9 Å². The molecule has 1 aliphatic heterocycles. The second kappa shape index (κ2) is 15.1. The smallest absolute Gasteiger partial charge is 0.306 e. The third-order valence-corrected chi connectivity index (χ3v) is 8.27.